The smallest absolute Gasteiger partial charge is 0.317 e. The number of esters is 1. The summed E-state index contributed by atoms with van der Waals surface area (Å²) in [4.78, 5) is 12.8. The van der Waals surface area contributed by atoms with Gasteiger partial charge in [-0.15, -0.1) is 0 Å². The Balaban J connectivity index is 1.67. The number of methoxy groups -OCH3 is 1. The Labute approximate surface area is 159 Å². The van der Waals surface area contributed by atoms with Crippen LogP contribution in [0, 0.1) is 5.41 Å². The lowest BCUT2D eigenvalue weighted by Gasteiger charge is -2.44. The number of hydrogen-bond acceptors (Lipinski definition) is 4. The van der Waals surface area contributed by atoms with Crippen molar-refractivity contribution in [2.75, 3.05) is 13.7 Å². The van der Waals surface area contributed by atoms with Crippen LogP contribution in [0.15, 0.2) is 66.7 Å². The van der Waals surface area contributed by atoms with Gasteiger partial charge >= 0.3 is 5.97 Å². The maximum atomic E-state index is 12.8. The molecular formula is C23H24O4. The van der Waals surface area contributed by atoms with E-state index >= 15 is 0 Å². The van der Waals surface area contributed by atoms with E-state index in [1.807, 2.05) is 36.4 Å². The summed E-state index contributed by atoms with van der Waals surface area (Å²) in [7, 11) is 1.44. The average Bonchev–Trinajstić information content (AvgIpc) is 3.17. The number of carbonyl (C=O) groups is 1. The summed E-state index contributed by atoms with van der Waals surface area (Å²) in [5.74, 6) is -0.262. The van der Waals surface area contributed by atoms with Gasteiger partial charge in [-0.3, -0.25) is 4.79 Å². The Bertz CT molecular complexity index is 802. The molecule has 4 atom stereocenters. The van der Waals surface area contributed by atoms with Gasteiger partial charge in [-0.1, -0.05) is 72.8 Å². The molecule has 4 nitrogen and oxygen atoms in total. The van der Waals surface area contributed by atoms with E-state index in [-0.39, 0.29) is 18.0 Å². The van der Waals surface area contributed by atoms with Crippen LogP contribution in [0.2, 0.25) is 0 Å². The van der Waals surface area contributed by atoms with Crippen LogP contribution >= 0.6 is 0 Å². The molecule has 0 bridgehead atoms. The Morgan fingerprint density at radius 1 is 1.11 bits per heavy atom. The van der Waals surface area contributed by atoms with Crippen LogP contribution in [0.3, 0.4) is 0 Å². The van der Waals surface area contributed by atoms with Crippen LogP contribution in [0.1, 0.15) is 29.9 Å². The predicted octanol–water partition coefficient (Wildman–Crippen LogP) is 4.18. The fourth-order valence-corrected chi connectivity index (χ4v) is 4.31. The quantitative estimate of drug-likeness (QED) is 0.764. The van der Waals surface area contributed by atoms with E-state index in [4.69, 9.17) is 14.2 Å². The SMILES string of the molecule is COC(=O)[C@]12CCO[C@H]1O[C@@H](/C=C/c1ccccc1)C[C@@H]2c1ccccc1. The number of ether oxygens (including phenoxy) is 3. The monoisotopic (exact) mass is 364 g/mol. The van der Waals surface area contributed by atoms with E-state index in [2.05, 4.69) is 36.4 Å². The van der Waals surface area contributed by atoms with Gasteiger partial charge < -0.3 is 14.2 Å². The minimum atomic E-state index is -0.785. The molecule has 4 rings (SSSR count). The van der Waals surface area contributed by atoms with Gasteiger partial charge in [0.2, 0.25) is 0 Å². The van der Waals surface area contributed by atoms with Gasteiger partial charge in [0.1, 0.15) is 5.41 Å². The van der Waals surface area contributed by atoms with Crippen molar-refractivity contribution in [1.82, 2.24) is 0 Å². The number of carbonyl (C=O) groups excluding carboxylic acids is 1. The summed E-state index contributed by atoms with van der Waals surface area (Å²) in [6.07, 6.45) is 4.73. The first-order valence-electron chi connectivity index (χ1n) is 9.38. The first-order chi connectivity index (χ1) is 13.2. The van der Waals surface area contributed by atoms with Crippen molar-refractivity contribution in [2.45, 2.75) is 31.2 Å². The van der Waals surface area contributed by atoms with E-state index in [1.54, 1.807) is 0 Å². The molecule has 0 saturated carbocycles. The van der Waals surface area contributed by atoms with Gasteiger partial charge in [0.05, 0.1) is 19.8 Å². The molecule has 2 aliphatic heterocycles. The molecule has 4 heteroatoms. The minimum absolute atomic E-state index is 0.0159. The highest BCUT2D eigenvalue weighted by Gasteiger charge is 2.60. The first kappa shape index (κ1) is 18.0. The van der Waals surface area contributed by atoms with Gasteiger partial charge in [-0.05, 0) is 24.0 Å². The Kier molecular flexibility index (Phi) is 5.10. The molecule has 2 heterocycles. The molecule has 2 fully saturated rings. The molecule has 2 aromatic rings. The molecule has 0 aromatic heterocycles. The second-order valence-electron chi connectivity index (χ2n) is 7.13. The topological polar surface area (TPSA) is 44.8 Å². The summed E-state index contributed by atoms with van der Waals surface area (Å²) < 4.78 is 17.3. The van der Waals surface area contributed by atoms with Crippen molar-refractivity contribution in [1.29, 1.82) is 0 Å². The van der Waals surface area contributed by atoms with E-state index < -0.39 is 11.7 Å². The number of hydrogen-bond donors (Lipinski definition) is 0. The summed E-state index contributed by atoms with van der Waals surface area (Å²) >= 11 is 0. The lowest BCUT2D eigenvalue weighted by atomic mass is 9.66. The van der Waals surface area contributed by atoms with Crippen LogP contribution in [0.4, 0.5) is 0 Å². The predicted molar refractivity (Wildman–Crippen MR) is 103 cm³/mol. The highest BCUT2D eigenvalue weighted by Crippen LogP contribution is 2.54. The van der Waals surface area contributed by atoms with Crippen molar-refractivity contribution in [2.24, 2.45) is 5.41 Å². The van der Waals surface area contributed by atoms with Crippen LogP contribution in [0.5, 0.6) is 0 Å². The molecule has 0 N–H and O–H groups in total. The van der Waals surface area contributed by atoms with Gasteiger partial charge in [-0.25, -0.2) is 0 Å². The lowest BCUT2D eigenvalue weighted by Crippen LogP contribution is -2.51. The number of fused-ring (bicyclic) bond motifs is 1. The van der Waals surface area contributed by atoms with Gasteiger partial charge in [0, 0.05) is 5.92 Å². The standard InChI is InChI=1S/C23H24O4/c1-25-21(24)23-14-15-26-22(23)27-19(13-12-17-8-4-2-5-9-17)16-20(23)18-10-6-3-7-11-18/h2-13,19-20,22H,14-16H2,1H3/b13-12+/t19-,20+,22-,23+/m0/s1. The third-order valence-corrected chi connectivity index (χ3v) is 5.66. The maximum Gasteiger partial charge on any atom is 0.317 e. The van der Waals surface area contributed by atoms with Gasteiger partial charge in [0.15, 0.2) is 6.29 Å². The Morgan fingerprint density at radius 3 is 2.52 bits per heavy atom. The van der Waals surface area contributed by atoms with Crippen LogP contribution in [-0.2, 0) is 19.0 Å². The average molecular weight is 364 g/mol. The minimum Gasteiger partial charge on any atom is -0.468 e. The highest BCUT2D eigenvalue weighted by molar-refractivity contribution is 5.79. The molecule has 27 heavy (non-hydrogen) atoms. The fraction of sp³-hybridized carbons (Fsp3) is 0.348. The second-order valence-corrected chi connectivity index (χ2v) is 7.13. The Morgan fingerprint density at radius 2 is 1.81 bits per heavy atom. The molecule has 0 unspecified atom stereocenters. The number of rotatable bonds is 4. The third kappa shape index (κ3) is 3.31. The molecule has 140 valence electrons. The molecule has 2 saturated heterocycles. The number of benzene rings is 2. The molecule has 2 aliphatic rings. The van der Waals surface area contributed by atoms with E-state index in [9.17, 15) is 4.79 Å². The molecule has 0 spiro atoms. The zero-order chi connectivity index (χ0) is 18.7. The van der Waals surface area contributed by atoms with E-state index in [0.717, 1.165) is 11.1 Å². The van der Waals surface area contributed by atoms with Crippen LogP contribution < -0.4 is 0 Å². The van der Waals surface area contributed by atoms with Crippen molar-refractivity contribution < 1.29 is 19.0 Å². The summed E-state index contributed by atoms with van der Waals surface area (Å²) in [6, 6.07) is 20.3. The molecule has 0 amide bonds. The lowest BCUT2D eigenvalue weighted by molar-refractivity contribution is -0.222. The summed E-state index contributed by atoms with van der Waals surface area (Å²) in [5.41, 5.74) is 1.46. The molecule has 2 aromatic carbocycles. The fourth-order valence-electron chi connectivity index (χ4n) is 4.31. The second kappa shape index (κ2) is 7.67. The highest BCUT2D eigenvalue weighted by atomic mass is 16.7. The van der Waals surface area contributed by atoms with Gasteiger partial charge in [-0.2, -0.15) is 0 Å². The molecule has 0 radical (unpaired) electrons. The van der Waals surface area contributed by atoms with Crippen molar-refractivity contribution in [3.8, 4) is 0 Å². The third-order valence-electron chi connectivity index (χ3n) is 5.66. The normalized spacial score (nSPS) is 30.2. The largest absolute Gasteiger partial charge is 0.468 e. The van der Waals surface area contributed by atoms with Crippen LogP contribution in [-0.4, -0.2) is 32.1 Å². The molecular weight excluding hydrogens is 340 g/mol. The summed E-state index contributed by atoms with van der Waals surface area (Å²) in [6.45, 7) is 0.498. The van der Waals surface area contributed by atoms with E-state index in [0.29, 0.717) is 19.4 Å². The van der Waals surface area contributed by atoms with Crippen LogP contribution in [0.25, 0.3) is 6.08 Å². The Hall–Kier alpha value is -2.43. The zero-order valence-electron chi connectivity index (χ0n) is 15.4. The summed E-state index contributed by atoms with van der Waals surface area (Å²) in [5, 5.41) is 0. The van der Waals surface area contributed by atoms with Crippen molar-refractivity contribution >= 4 is 12.0 Å². The first-order valence-corrected chi connectivity index (χ1v) is 9.38. The maximum absolute atomic E-state index is 12.8. The van der Waals surface area contributed by atoms with E-state index in [1.165, 1.54) is 7.11 Å². The van der Waals surface area contributed by atoms with Crippen molar-refractivity contribution in [3.63, 3.8) is 0 Å². The molecule has 0 aliphatic carbocycles. The zero-order valence-corrected chi connectivity index (χ0v) is 15.4. The van der Waals surface area contributed by atoms with Crippen molar-refractivity contribution in [3.05, 3.63) is 77.9 Å². The van der Waals surface area contributed by atoms with Gasteiger partial charge in [0.25, 0.3) is 0 Å².